The number of fused-ring (bicyclic) bond motifs is 1. The molecular weight excluding hydrogens is 517 g/mol. The van der Waals surface area contributed by atoms with Gasteiger partial charge in [-0.15, -0.1) is 0 Å². The lowest BCUT2D eigenvalue weighted by Gasteiger charge is -2.50. The quantitative estimate of drug-likeness (QED) is 0.412. The number of rotatable bonds is 7. The molecule has 2 aromatic rings. The van der Waals surface area contributed by atoms with E-state index in [1.54, 1.807) is 0 Å². The molecule has 1 aromatic heterocycles. The van der Waals surface area contributed by atoms with E-state index < -0.39 is 58.3 Å². The molecule has 8 nitrogen and oxygen atoms in total. The van der Waals surface area contributed by atoms with Crippen molar-refractivity contribution in [3.8, 4) is 5.75 Å². The number of carbonyl (C=O) groups is 2. The Labute approximate surface area is 214 Å². The molecule has 1 spiro atoms. The van der Waals surface area contributed by atoms with Gasteiger partial charge in [-0.3, -0.25) is 14.4 Å². The standard InChI is InChI=1S/C25H26F5N3O5/c26-16-4-3-15(18(27)11-16)12-31-22(36)17-13-32-14-24(6-9-38-10-7-24)33(8-2-1-5-25(28,29)30)23(37)19(32)21(35)20(17)34/h3-4,11,13,35H,1-2,5-10,12,14H2,(H,31,36). The normalized spacial score (nSPS) is 17.0. The zero-order chi connectivity index (χ0) is 27.7. The molecular formula is C25H26F5N3O5. The van der Waals surface area contributed by atoms with E-state index in [1.807, 2.05) is 0 Å². The van der Waals surface area contributed by atoms with Crippen LogP contribution in [0.1, 0.15) is 58.5 Å². The molecule has 2 N–H and O–H groups in total. The van der Waals surface area contributed by atoms with Gasteiger partial charge in [0.25, 0.3) is 11.8 Å². The Hall–Kier alpha value is -3.48. The topological polar surface area (TPSA) is 101 Å². The molecule has 13 heteroatoms. The molecule has 0 saturated carbocycles. The smallest absolute Gasteiger partial charge is 0.389 e. The predicted molar refractivity (Wildman–Crippen MR) is 124 cm³/mol. The average molecular weight is 543 g/mol. The fraction of sp³-hybridized carbons (Fsp3) is 0.480. The van der Waals surface area contributed by atoms with Gasteiger partial charge in [-0.25, -0.2) is 8.78 Å². The summed E-state index contributed by atoms with van der Waals surface area (Å²) in [6.07, 6.45) is -3.55. The summed E-state index contributed by atoms with van der Waals surface area (Å²) in [5.74, 6) is -4.31. The third-order valence-corrected chi connectivity index (χ3v) is 6.96. The number of ether oxygens (including phenoxy) is 1. The molecule has 38 heavy (non-hydrogen) atoms. The minimum atomic E-state index is -4.32. The monoisotopic (exact) mass is 543 g/mol. The average Bonchev–Trinajstić information content (AvgIpc) is 2.84. The lowest BCUT2D eigenvalue weighted by molar-refractivity contribution is -0.135. The van der Waals surface area contributed by atoms with Gasteiger partial charge in [0, 0.05) is 57.1 Å². The number of alkyl halides is 3. The van der Waals surface area contributed by atoms with Crippen LogP contribution in [0.25, 0.3) is 0 Å². The van der Waals surface area contributed by atoms with Crippen molar-refractivity contribution in [2.45, 2.75) is 56.9 Å². The van der Waals surface area contributed by atoms with E-state index in [4.69, 9.17) is 4.74 Å². The maximum atomic E-state index is 13.9. The van der Waals surface area contributed by atoms with E-state index in [0.717, 1.165) is 18.3 Å². The molecule has 0 unspecified atom stereocenters. The van der Waals surface area contributed by atoms with Crippen molar-refractivity contribution >= 4 is 11.8 Å². The van der Waals surface area contributed by atoms with E-state index in [0.29, 0.717) is 32.1 Å². The summed E-state index contributed by atoms with van der Waals surface area (Å²) >= 11 is 0. The van der Waals surface area contributed by atoms with Crippen LogP contribution < -0.4 is 10.7 Å². The molecule has 1 fully saturated rings. The summed E-state index contributed by atoms with van der Waals surface area (Å²) < 4.78 is 71.6. The predicted octanol–water partition coefficient (Wildman–Crippen LogP) is 3.50. The first-order valence-corrected chi connectivity index (χ1v) is 12.1. The Bertz CT molecular complexity index is 1290. The van der Waals surface area contributed by atoms with Gasteiger partial charge in [0.2, 0.25) is 5.43 Å². The number of aromatic nitrogens is 1. The van der Waals surface area contributed by atoms with Gasteiger partial charge in [0.15, 0.2) is 11.4 Å². The highest BCUT2D eigenvalue weighted by Crippen LogP contribution is 2.37. The highest BCUT2D eigenvalue weighted by atomic mass is 19.4. The van der Waals surface area contributed by atoms with Gasteiger partial charge in [0.1, 0.15) is 17.2 Å². The van der Waals surface area contributed by atoms with Gasteiger partial charge in [-0.05, 0) is 31.7 Å². The van der Waals surface area contributed by atoms with Gasteiger partial charge in [-0.1, -0.05) is 6.07 Å². The number of halogens is 5. The number of amides is 2. The lowest BCUT2D eigenvalue weighted by Crippen LogP contribution is -2.61. The number of nitrogens with zero attached hydrogens (tertiary/aromatic N) is 2. The van der Waals surface area contributed by atoms with Crippen LogP contribution in [0.3, 0.4) is 0 Å². The molecule has 1 aromatic carbocycles. The third kappa shape index (κ3) is 5.66. The molecule has 3 heterocycles. The highest BCUT2D eigenvalue weighted by molar-refractivity contribution is 5.99. The lowest BCUT2D eigenvalue weighted by atomic mass is 9.84. The van der Waals surface area contributed by atoms with Crippen LogP contribution in [0, 0.1) is 11.6 Å². The van der Waals surface area contributed by atoms with Crippen LogP contribution in [-0.4, -0.2) is 57.9 Å². The number of hydrogen-bond donors (Lipinski definition) is 2. The van der Waals surface area contributed by atoms with E-state index in [1.165, 1.54) is 9.47 Å². The number of pyridine rings is 1. The first-order chi connectivity index (χ1) is 17.9. The van der Waals surface area contributed by atoms with E-state index >= 15 is 0 Å². The summed E-state index contributed by atoms with van der Waals surface area (Å²) in [6, 6.07) is 2.80. The van der Waals surface area contributed by atoms with E-state index in [-0.39, 0.29) is 43.7 Å². The van der Waals surface area contributed by atoms with Crippen LogP contribution in [0.2, 0.25) is 0 Å². The third-order valence-electron chi connectivity index (χ3n) is 6.96. The Morgan fingerprint density at radius 3 is 2.50 bits per heavy atom. The molecule has 0 radical (unpaired) electrons. The minimum absolute atomic E-state index is 0.00594. The summed E-state index contributed by atoms with van der Waals surface area (Å²) in [4.78, 5) is 40.5. The van der Waals surface area contributed by atoms with Crippen LogP contribution in [0.5, 0.6) is 5.75 Å². The maximum absolute atomic E-state index is 13.9. The van der Waals surface area contributed by atoms with Gasteiger partial charge in [-0.2, -0.15) is 13.2 Å². The van der Waals surface area contributed by atoms with Crippen molar-refractivity contribution in [2.24, 2.45) is 0 Å². The van der Waals surface area contributed by atoms with Crippen molar-refractivity contribution in [3.05, 3.63) is 63.1 Å². The fourth-order valence-electron chi connectivity index (χ4n) is 4.96. The molecule has 0 aliphatic carbocycles. The van der Waals surface area contributed by atoms with E-state index in [2.05, 4.69) is 5.32 Å². The van der Waals surface area contributed by atoms with Gasteiger partial charge < -0.3 is 24.6 Å². The second-order valence-corrected chi connectivity index (χ2v) is 9.48. The molecule has 0 atom stereocenters. The molecule has 1 saturated heterocycles. The van der Waals surface area contributed by atoms with Crippen molar-refractivity contribution < 1.29 is 41.4 Å². The van der Waals surface area contributed by atoms with Crippen LogP contribution in [0.4, 0.5) is 22.0 Å². The molecule has 4 rings (SSSR count). The van der Waals surface area contributed by atoms with Crippen molar-refractivity contribution in [1.82, 2.24) is 14.8 Å². The first kappa shape index (κ1) is 27.6. The summed E-state index contributed by atoms with van der Waals surface area (Å²) in [6.45, 7) is 0.305. The molecule has 2 aliphatic heterocycles. The fourth-order valence-corrected chi connectivity index (χ4v) is 4.96. The largest absolute Gasteiger partial charge is 0.503 e. The molecule has 0 bridgehead atoms. The summed E-state index contributed by atoms with van der Waals surface area (Å²) in [5, 5.41) is 13.0. The minimum Gasteiger partial charge on any atom is -0.503 e. The number of unbranched alkanes of at least 4 members (excludes halogenated alkanes) is 1. The molecule has 2 aliphatic rings. The van der Waals surface area contributed by atoms with Crippen LogP contribution >= 0.6 is 0 Å². The maximum Gasteiger partial charge on any atom is 0.389 e. The number of aromatic hydroxyl groups is 1. The number of nitrogens with one attached hydrogen (secondary N) is 1. The Balaban J connectivity index is 1.60. The Morgan fingerprint density at radius 2 is 1.84 bits per heavy atom. The zero-order valence-corrected chi connectivity index (χ0v) is 20.2. The summed E-state index contributed by atoms with van der Waals surface area (Å²) in [7, 11) is 0. The Morgan fingerprint density at radius 1 is 1.13 bits per heavy atom. The van der Waals surface area contributed by atoms with Gasteiger partial charge in [0.05, 0.1) is 5.54 Å². The van der Waals surface area contributed by atoms with Crippen molar-refractivity contribution in [2.75, 3.05) is 19.8 Å². The SMILES string of the molecule is O=C(NCc1ccc(F)cc1F)c1cn2c(c(O)c1=O)C(=O)N(CCCCC(F)(F)F)C1(CCOCC1)C2. The summed E-state index contributed by atoms with van der Waals surface area (Å²) in [5.41, 5.74) is -2.83. The highest BCUT2D eigenvalue weighted by Gasteiger charge is 2.47. The molecule has 206 valence electrons. The Kier molecular flexibility index (Phi) is 7.77. The zero-order valence-electron chi connectivity index (χ0n) is 20.2. The van der Waals surface area contributed by atoms with Crippen molar-refractivity contribution in [3.63, 3.8) is 0 Å². The second kappa shape index (κ2) is 10.7. The number of benzene rings is 1. The number of carbonyl (C=O) groups excluding carboxylic acids is 2. The van der Waals surface area contributed by atoms with Crippen molar-refractivity contribution in [1.29, 1.82) is 0 Å². The van der Waals surface area contributed by atoms with Gasteiger partial charge >= 0.3 is 6.18 Å². The number of hydrogen-bond acceptors (Lipinski definition) is 5. The van der Waals surface area contributed by atoms with Crippen LogP contribution in [-0.2, 0) is 17.8 Å². The molecule has 2 amide bonds. The second-order valence-electron chi connectivity index (χ2n) is 9.48. The van der Waals surface area contributed by atoms with Crippen LogP contribution in [0.15, 0.2) is 29.2 Å². The first-order valence-electron chi connectivity index (χ1n) is 12.1. The van der Waals surface area contributed by atoms with E-state index in [9.17, 15) is 41.4 Å².